The van der Waals surface area contributed by atoms with Gasteiger partial charge in [0.15, 0.2) is 0 Å². The molecule has 0 aromatic heterocycles. The van der Waals surface area contributed by atoms with Crippen LogP contribution in [0, 0.1) is 5.82 Å². The molecule has 1 heterocycles. The number of benzene rings is 2. The second-order valence-electron chi connectivity index (χ2n) is 4.20. The zero-order valence-corrected chi connectivity index (χ0v) is 11.1. The van der Waals surface area contributed by atoms with Crippen molar-refractivity contribution < 1.29 is 4.39 Å². The van der Waals surface area contributed by atoms with Crippen LogP contribution in [0.5, 0.6) is 0 Å². The van der Waals surface area contributed by atoms with Crippen molar-refractivity contribution in [3.63, 3.8) is 0 Å². The van der Waals surface area contributed by atoms with E-state index in [0.29, 0.717) is 5.02 Å². The summed E-state index contributed by atoms with van der Waals surface area (Å²) in [5.74, 6) is 0.636. The highest BCUT2D eigenvalue weighted by Gasteiger charge is 2.22. The summed E-state index contributed by atoms with van der Waals surface area (Å²) in [6.45, 7) is 0. The first kappa shape index (κ1) is 11.9. The molecule has 92 valence electrons. The standard InChI is InChI=1S/C14H11ClFNS/c15-9-5-10(16)7-11(6-9)17-13-8-18-14-4-2-1-3-12(13)14/h1-7,13,17H,8H2. The van der Waals surface area contributed by atoms with Gasteiger partial charge in [0.1, 0.15) is 5.82 Å². The molecule has 1 unspecified atom stereocenters. The zero-order valence-electron chi connectivity index (χ0n) is 9.49. The SMILES string of the molecule is Fc1cc(Cl)cc(NC2CSc3ccccc32)c1. The van der Waals surface area contributed by atoms with E-state index in [-0.39, 0.29) is 11.9 Å². The molecule has 1 nitrogen and oxygen atoms in total. The van der Waals surface area contributed by atoms with Crippen LogP contribution in [0.25, 0.3) is 0 Å². The molecule has 1 atom stereocenters. The maximum atomic E-state index is 13.3. The van der Waals surface area contributed by atoms with Crippen LogP contribution < -0.4 is 5.32 Å². The van der Waals surface area contributed by atoms with Gasteiger partial charge >= 0.3 is 0 Å². The number of anilines is 1. The Kier molecular flexibility index (Phi) is 3.18. The average Bonchev–Trinajstić information content (AvgIpc) is 2.72. The normalized spacial score (nSPS) is 17.6. The minimum atomic E-state index is -0.316. The maximum absolute atomic E-state index is 13.3. The molecule has 1 aliphatic rings. The number of thioether (sulfide) groups is 1. The first-order valence-corrected chi connectivity index (χ1v) is 7.03. The van der Waals surface area contributed by atoms with Crippen LogP contribution in [0.2, 0.25) is 5.02 Å². The Balaban J connectivity index is 1.86. The summed E-state index contributed by atoms with van der Waals surface area (Å²) in [7, 11) is 0. The lowest BCUT2D eigenvalue weighted by molar-refractivity contribution is 0.628. The second-order valence-corrected chi connectivity index (χ2v) is 5.70. The molecular weight excluding hydrogens is 269 g/mol. The molecule has 0 fully saturated rings. The number of fused-ring (bicyclic) bond motifs is 1. The second kappa shape index (κ2) is 4.82. The molecule has 3 rings (SSSR count). The highest BCUT2D eigenvalue weighted by Crippen LogP contribution is 2.39. The lowest BCUT2D eigenvalue weighted by Gasteiger charge is -2.15. The van der Waals surface area contributed by atoms with Crippen LogP contribution in [-0.2, 0) is 0 Å². The van der Waals surface area contributed by atoms with Gasteiger partial charge in [-0.1, -0.05) is 29.8 Å². The van der Waals surface area contributed by atoms with E-state index in [0.717, 1.165) is 11.4 Å². The Labute approximate surface area is 114 Å². The van der Waals surface area contributed by atoms with E-state index in [1.165, 1.54) is 22.6 Å². The predicted molar refractivity (Wildman–Crippen MR) is 74.9 cm³/mol. The van der Waals surface area contributed by atoms with Crippen molar-refractivity contribution in [3.8, 4) is 0 Å². The molecule has 0 saturated carbocycles. The van der Waals surface area contributed by atoms with Gasteiger partial charge in [-0.2, -0.15) is 0 Å². The summed E-state index contributed by atoms with van der Waals surface area (Å²) < 4.78 is 13.3. The maximum Gasteiger partial charge on any atom is 0.126 e. The summed E-state index contributed by atoms with van der Waals surface area (Å²) in [6, 6.07) is 13.0. The first-order chi connectivity index (χ1) is 8.72. The number of hydrogen-bond donors (Lipinski definition) is 1. The molecule has 18 heavy (non-hydrogen) atoms. The predicted octanol–water partition coefficient (Wildman–Crippen LogP) is 4.74. The van der Waals surface area contributed by atoms with E-state index < -0.39 is 0 Å². The summed E-state index contributed by atoms with van der Waals surface area (Å²) >= 11 is 7.66. The van der Waals surface area contributed by atoms with Crippen molar-refractivity contribution in [2.45, 2.75) is 10.9 Å². The van der Waals surface area contributed by atoms with Gasteiger partial charge in [0.05, 0.1) is 6.04 Å². The topological polar surface area (TPSA) is 12.0 Å². The smallest absolute Gasteiger partial charge is 0.126 e. The van der Waals surface area contributed by atoms with Crippen molar-refractivity contribution in [1.29, 1.82) is 0 Å². The van der Waals surface area contributed by atoms with Crippen molar-refractivity contribution in [2.24, 2.45) is 0 Å². The van der Waals surface area contributed by atoms with Crippen LogP contribution in [0.3, 0.4) is 0 Å². The molecule has 2 aromatic rings. The highest BCUT2D eigenvalue weighted by molar-refractivity contribution is 7.99. The Bertz CT molecular complexity index is 568. The van der Waals surface area contributed by atoms with Gasteiger partial charge in [-0.15, -0.1) is 11.8 Å². The summed E-state index contributed by atoms with van der Waals surface area (Å²) in [4.78, 5) is 1.29. The minimum absolute atomic E-state index is 0.212. The van der Waals surface area contributed by atoms with E-state index in [9.17, 15) is 4.39 Å². The largest absolute Gasteiger partial charge is 0.377 e. The molecule has 0 radical (unpaired) electrons. The Hall–Kier alpha value is -1.19. The van der Waals surface area contributed by atoms with Crippen LogP contribution in [0.15, 0.2) is 47.4 Å². The van der Waals surface area contributed by atoms with Gasteiger partial charge in [-0.3, -0.25) is 0 Å². The molecule has 0 amide bonds. The van der Waals surface area contributed by atoms with Gasteiger partial charge in [0.2, 0.25) is 0 Å². The van der Waals surface area contributed by atoms with Gasteiger partial charge in [0, 0.05) is 21.4 Å². The fraction of sp³-hybridized carbons (Fsp3) is 0.143. The number of rotatable bonds is 2. The molecule has 4 heteroatoms. The molecular formula is C14H11ClFNS. The zero-order chi connectivity index (χ0) is 12.5. The molecule has 0 spiro atoms. The molecule has 0 bridgehead atoms. The lowest BCUT2D eigenvalue weighted by atomic mass is 10.1. The van der Waals surface area contributed by atoms with E-state index in [4.69, 9.17) is 11.6 Å². The lowest BCUT2D eigenvalue weighted by Crippen LogP contribution is -2.09. The summed E-state index contributed by atoms with van der Waals surface area (Å²) in [5.41, 5.74) is 1.99. The van der Waals surface area contributed by atoms with Crippen molar-refractivity contribution >= 4 is 29.1 Å². The van der Waals surface area contributed by atoms with E-state index >= 15 is 0 Å². The Morgan fingerprint density at radius 3 is 2.89 bits per heavy atom. The van der Waals surface area contributed by atoms with Crippen molar-refractivity contribution in [1.82, 2.24) is 0 Å². The third-order valence-electron chi connectivity index (χ3n) is 2.90. The minimum Gasteiger partial charge on any atom is -0.377 e. The molecule has 1 aliphatic heterocycles. The van der Waals surface area contributed by atoms with Crippen molar-refractivity contribution in [2.75, 3.05) is 11.1 Å². The Morgan fingerprint density at radius 1 is 1.22 bits per heavy atom. The van der Waals surface area contributed by atoms with Crippen LogP contribution in [0.1, 0.15) is 11.6 Å². The third kappa shape index (κ3) is 2.33. The molecule has 0 aliphatic carbocycles. The molecule has 0 saturated heterocycles. The highest BCUT2D eigenvalue weighted by atomic mass is 35.5. The average molecular weight is 280 g/mol. The fourth-order valence-corrected chi connectivity index (χ4v) is 3.50. The van der Waals surface area contributed by atoms with Crippen LogP contribution in [0.4, 0.5) is 10.1 Å². The third-order valence-corrected chi connectivity index (χ3v) is 4.30. The number of hydrogen-bond acceptors (Lipinski definition) is 2. The van der Waals surface area contributed by atoms with E-state index in [2.05, 4.69) is 17.4 Å². The number of nitrogens with one attached hydrogen (secondary N) is 1. The van der Waals surface area contributed by atoms with Gasteiger partial charge in [-0.05, 0) is 29.8 Å². The monoisotopic (exact) mass is 279 g/mol. The summed E-state index contributed by atoms with van der Waals surface area (Å²) in [6.07, 6.45) is 0. The number of halogens is 2. The molecule has 2 aromatic carbocycles. The van der Waals surface area contributed by atoms with Crippen LogP contribution in [-0.4, -0.2) is 5.75 Å². The van der Waals surface area contributed by atoms with E-state index in [1.54, 1.807) is 6.07 Å². The first-order valence-electron chi connectivity index (χ1n) is 5.67. The van der Waals surface area contributed by atoms with Gasteiger partial charge in [0.25, 0.3) is 0 Å². The fourth-order valence-electron chi connectivity index (χ4n) is 2.12. The van der Waals surface area contributed by atoms with Gasteiger partial charge in [-0.25, -0.2) is 4.39 Å². The van der Waals surface area contributed by atoms with E-state index in [1.807, 2.05) is 23.9 Å². The van der Waals surface area contributed by atoms with Crippen molar-refractivity contribution in [3.05, 3.63) is 58.9 Å². The van der Waals surface area contributed by atoms with Gasteiger partial charge < -0.3 is 5.32 Å². The quantitative estimate of drug-likeness (QED) is 0.852. The molecule has 1 N–H and O–H groups in total. The summed E-state index contributed by atoms with van der Waals surface area (Å²) in [5, 5.41) is 3.75. The Morgan fingerprint density at radius 2 is 2.06 bits per heavy atom. The van der Waals surface area contributed by atoms with Crippen LogP contribution >= 0.6 is 23.4 Å².